The molecule has 158 valence electrons. The van der Waals surface area contributed by atoms with Crippen molar-refractivity contribution in [2.45, 2.75) is 100 Å². The Balaban J connectivity index is 1.91. The predicted molar refractivity (Wildman–Crippen MR) is 110 cm³/mol. The van der Waals surface area contributed by atoms with E-state index in [9.17, 15) is 16.8 Å². The van der Waals surface area contributed by atoms with Crippen LogP contribution in [0, 0.1) is 0 Å². The minimum absolute atomic E-state index is 0.0489. The average molecular weight is 429 g/mol. The van der Waals surface area contributed by atoms with Gasteiger partial charge in [0.25, 0.3) is 0 Å². The van der Waals surface area contributed by atoms with Gasteiger partial charge in [-0.05, 0) is 77.6 Å². The molecule has 0 N–H and O–H groups in total. The van der Waals surface area contributed by atoms with Crippen LogP contribution in [-0.2, 0) is 20.0 Å². The lowest BCUT2D eigenvalue weighted by atomic mass is 10.0. The molecule has 0 radical (unpaired) electrons. The molecule has 0 spiro atoms. The van der Waals surface area contributed by atoms with Gasteiger partial charge in [-0.25, -0.2) is 16.8 Å². The molecule has 0 aromatic heterocycles. The first kappa shape index (κ1) is 21.7. The fourth-order valence-corrected chi connectivity index (χ4v) is 8.53. The summed E-state index contributed by atoms with van der Waals surface area (Å²) in [6, 6.07) is 5.56. The van der Waals surface area contributed by atoms with Crippen molar-refractivity contribution in [3.8, 4) is 0 Å². The SMILES string of the molecule is C[C@@H]1CCC[C@@H](C)N1S(=O)(=O)c1ccc(S(=O)(=O)N2[C@H](C)CCC[C@H]2C)cc1. The van der Waals surface area contributed by atoms with Crippen LogP contribution in [0.15, 0.2) is 34.1 Å². The highest BCUT2D eigenvalue weighted by Crippen LogP contribution is 2.32. The van der Waals surface area contributed by atoms with E-state index in [2.05, 4.69) is 0 Å². The normalized spacial score (nSPS) is 31.0. The molecule has 2 saturated heterocycles. The fourth-order valence-electron chi connectivity index (χ4n) is 4.77. The maximum absolute atomic E-state index is 13.1. The molecule has 4 atom stereocenters. The van der Waals surface area contributed by atoms with E-state index in [1.54, 1.807) is 8.61 Å². The number of hydrogen-bond donors (Lipinski definition) is 0. The summed E-state index contributed by atoms with van der Waals surface area (Å²) in [6.07, 6.45) is 5.44. The summed E-state index contributed by atoms with van der Waals surface area (Å²) in [7, 11) is -7.29. The minimum Gasteiger partial charge on any atom is -0.207 e. The molecule has 3 rings (SSSR count). The largest absolute Gasteiger partial charge is 0.243 e. The van der Waals surface area contributed by atoms with Crippen molar-refractivity contribution in [3.05, 3.63) is 24.3 Å². The molecule has 8 heteroatoms. The van der Waals surface area contributed by atoms with Crippen LogP contribution >= 0.6 is 0 Å². The van der Waals surface area contributed by atoms with E-state index in [1.807, 2.05) is 27.7 Å². The molecule has 0 bridgehead atoms. The van der Waals surface area contributed by atoms with Gasteiger partial charge < -0.3 is 0 Å². The van der Waals surface area contributed by atoms with Crippen LogP contribution < -0.4 is 0 Å². The van der Waals surface area contributed by atoms with Gasteiger partial charge in [0.1, 0.15) is 0 Å². The molecule has 0 unspecified atom stereocenters. The zero-order chi connectivity index (χ0) is 20.7. The van der Waals surface area contributed by atoms with Crippen LogP contribution in [0.4, 0.5) is 0 Å². The van der Waals surface area contributed by atoms with Crippen molar-refractivity contribution in [2.75, 3.05) is 0 Å². The number of hydrogen-bond acceptors (Lipinski definition) is 4. The Bertz CT molecular complexity index is 802. The quantitative estimate of drug-likeness (QED) is 0.734. The fraction of sp³-hybridized carbons (Fsp3) is 0.700. The lowest BCUT2D eigenvalue weighted by molar-refractivity contribution is 0.203. The van der Waals surface area contributed by atoms with Crippen LogP contribution in [0.5, 0.6) is 0 Å². The minimum atomic E-state index is -3.64. The third kappa shape index (κ3) is 3.88. The van der Waals surface area contributed by atoms with E-state index in [-0.39, 0.29) is 34.0 Å². The summed E-state index contributed by atoms with van der Waals surface area (Å²) in [4.78, 5) is 0.318. The Kier molecular flexibility index (Phi) is 6.25. The Labute approximate surface area is 170 Å². The van der Waals surface area contributed by atoms with E-state index in [4.69, 9.17) is 0 Å². The first-order valence-electron chi connectivity index (χ1n) is 10.2. The summed E-state index contributed by atoms with van der Waals surface area (Å²) in [5, 5.41) is 0. The first-order valence-corrected chi connectivity index (χ1v) is 13.1. The lowest BCUT2D eigenvalue weighted by Crippen LogP contribution is -2.47. The van der Waals surface area contributed by atoms with E-state index in [0.717, 1.165) is 38.5 Å². The van der Waals surface area contributed by atoms with E-state index < -0.39 is 20.0 Å². The topological polar surface area (TPSA) is 74.8 Å². The van der Waals surface area contributed by atoms with E-state index >= 15 is 0 Å². The zero-order valence-corrected chi connectivity index (χ0v) is 18.8. The molecule has 0 aliphatic carbocycles. The second kappa shape index (κ2) is 8.05. The summed E-state index contributed by atoms with van der Waals surface area (Å²) in [5.74, 6) is 0. The van der Waals surface area contributed by atoms with Gasteiger partial charge in [0.05, 0.1) is 9.79 Å². The molecule has 2 heterocycles. The monoisotopic (exact) mass is 428 g/mol. The van der Waals surface area contributed by atoms with E-state index in [0.29, 0.717) is 0 Å². The third-order valence-electron chi connectivity index (χ3n) is 6.20. The molecular formula is C20H32N2O4S2. The van der Waals surface area contributed by atoms with Crippen LogP contribution in [-0.4, -0.2) is 49.6 Å². The number of piperidine rings is 2. The van der Waals surface area contributed by atoms with Crippen LogP contribution in [0.1, 0.15) is 66.2 Å². The Hall–Kier alpha value is -0.960. The molecule has 6 nitrogen and oxygen atoms in total. The molecule has 2 aliphatic rings. The van der Waals surface area contributed by atoms with Gasteiger partial charge in [-0.2, -0.15) is 8.61 Å². The molecular weight excluding hydrogens is 396 g/mol. The zero-order valence-electron chi connectivity index (χ0n) is 17.2. The number of sulfonamides is 2. The molecule has 0 saturated carbocycles. The Morgan fingerprint density at radius 2 is 0.857 bits per heavy atom. The molecule has 1 aromatic rings. The second-order valence-corrected chi connectivity index (χ2v) is 12.1. The Morgan fingerprint density at radius 3 is 1.11 bits per heavy atom. The molecule has 2 fully saturated rings. The van der Waals surface area contributed by atoms with Crippen molar-refractivity contribution in [1.82, 2.24) is 8.61 Å². The van der Waals surface area contributed by atoms with Gasteiger partial charge in [0, 0.05) is 24.2 Å². The van der Waals surface area contributed by atoms with Gasteiger partial charge in [0.15, 0.2) is 0 Å². The van der Waals surface area contributed by atoms with Crippen molar-refractivity contribution in [1.29, 1.82) is 0 Å². The second-order valence-electron chi connectivity index (χ2n) is 8.40. The molecule has 1 aromatic carbocycles. The molecule has 2 aliphatic heterocycles. The third-order valence-corrected chi connectivity index (χ3v) is 10.5. The highest BCUT2D eigenvalue weighted by atomic mass is 32.2. The maximum atomic E-state index is 13.1. The van der Waals surface area contributed by atoms with Crippen molar-refractivity contribution < 1.29 is 16.8 Å². The summed E-state index contributed by atoms with van der Waals surface area (Å²) >= 11 is 0. The Morgan fingerprint density at radius 1 is 0.607 bits per heavy atom. The smallest absolute Gasteiger partial charge is 0.207 e. The summed E-state index contributed by atoms with van der Waals surface area (Å²) < 4.78 is 55.7. The van der Waals surface area contributed by atoms with Crippen LogP contribution in [0.25, 0.3) is 0 Å². The molecule has 0 amide bonds. The van der Waals surface area contributed by atoms with Gasteiger partial charge in [-0.3, -0.25) is 0 Å². The van der Waals surface area contributed by atoms with Crippen LogP contribution in [0.2, 0.25) is 0 Å². The van der Waals surface area contributed by atoms with E-state index in [1.165, 1.54) is 24.3 Å². The number of benzene rings is 1. The summed E-state index contributed by atoms with van der Waals surface area (Å²) in [5.41, 5.74) is 0. The van der Waals surface area contributed by atoms with Gasteiger partial charge in [-0.15, -0.1) is 0 Å². The van der Waals surface area contributed by atoms with Gasteiger partial charge in [0.2, 0.25) is 20.0 Å². The number of nitrogens with zero attached hydrogens (tertiary/aromatic N) is 2. The van der Waals surface area contributed by atoms with Crippen molar-refractivity contribution >= 4 is 20.0 Å². The summed E-state index contributed by atoms with van der Waals surface area (Å²) in [6.45, 7) is 7.74. The predicted octanol–water partition coefficient (Wildman–Crippen LogP) is 3.59. The average Bonchev–Trinajstić information content (AvgIpc) is 2.61. The standard InChI is InChI=1S/C20H32N2O4S2/c1-15-7-5-8-16(2)21(15)27(23,24)19-11-13-20(14-12-19)28(25,26)22-17(3)9-6-10-18(22)4/h11-18H,5-10H2,1-4H3/t15-,16-,17-,18-/m1/s1. The molecule has 28 heavy (non-hydrogen) atoms. The maximum Gasteiger partial charge on any atom is 0.243 e. The highest BCUT2D eigenvalue weighted by molar-refractivity contribution is 7.89. The van der Waals surface area contributed by atoms with Crippen LogP contribution in [0.3, 0.4) is 0 Å². The van der Waals surface area contributed by atoms with Gasteiger partial charge >= 0.3 is 0 Å². The van der Waals surface area contributed by atoms with Crippen molar-refractivity contribution in [2.24, 2.45) is 0 Å². The van der Waals surface area contributed by atoms with Gasteiger partial charge in [-0.1, -0.05) is 12.8 Å². The van der Waals surface area contributed by atoms with Crippen molar-refractivity contribution in [3.63, 3.8) is 0 Å². The highest BCUT2D eigenvalue weighted by Gasteiger charge is 2.37. The first-order chi connectivity index (χ1) is 13.1. The lowest BCUT2D eigenvalue weighted by Gasteiger charge is -2.38. The number of rotatable bonds is 4.